The molecule has 0 unspecified atom stereocenters. The fourth-order valence-electron chi connectivity index (χ4n) is 1.31. The molecule has 0 atom stereocenters. The molecule has 14 heavy (non-hydrogen) atoms. The predicted octanol–water partition coefficient (Wildman–Crippen LogP) is 3.76. The highest BCUT2D eigenvalue weighted by Gasteiger charge is 2.04. The van der Waals surface area contributed by atoms with Crippen LogP contribution in [0.4, 0.5) is 0 Å². The SMILES string of the molecule is C=C(C)c1ccc(C(=C)C)c(OC)c1. The van der Waals surface area contributed by atoms with Crippen molar-refractivity contribution < 1.29 is 4.74 Å². The molecule has 0 amide bonds. The first kappa shape index (κ1) is 10.6. The lowest BCUT2D eigenvalue weighted by molar-refractivity contribution is 0.413. The van der Waals surface area contributed by atoms with E-state index in [2.05, 4.69) is 13.2 Å². The van der Waals surface area contributed by atoms with Crippen molar-refractivity contribution in [2.45, 2.75) is 13.8 Å². The Morgan fingerprint density at radius 1 is 1.14 bits per heavy atom. The number of benzene rings is 1. The van der Waals surface area contributed by atoms with E-state index in [1.807, 2.05) is 32.0 Å². The molecule has 0 fully saturated rings. The van der Waals surface area contributed by atoms with E-state index in [1.165, 1.54) is 0 Å². The van der Waals surface area contributed by atoms with Gasteiger partial charge in [-0.05, 0) is 31.1 Å². The lowest BCUT2D eigenvalue weighted by Gasteiger charge is -2.10. The predicted molar refractivity (Wildman–Crippen MR) is 62.4 cm³/mol. The van der Waals surface area contributed by atoms with Gasteiger partial charge in [-0.25, -0.2) is 0 Å². The van der Waals surface area contributed by atoms with E-state index in [9.17, 15) is 0 Å². The van der Waals surface area contributed by atoms with Crippen molar-refractivity contribution in [3.63, 3.8) is 0 Å². The Balaban J connectivity index is 3.25. The average molecular weight is 188 g/mol. The van der Waals surface area contributed by atoms with Crippen molar-refractivity contribution in [3.8, 4) is 5.75 Å². The maximum atomic E-state index is 5.30. The maximum Gasteiger partial charge on any atom is 0.126 e. The summed E-state index contributed by atoms with van der Waals surface area (Å²) in [4.78, 5) is 0. The van der Waals surface area contributed by atoms with Crippen molar-refractivity contribution in [1.29, 1.82) is 0 Å². The summed E-state index contributed by atoms with van der Waals surface area (Å²) in [5.74, 6) is 0.859. The second-order valence-corrected chi connectivity index (χ2v) is 3.48. The smallest absolute Gasteiger partial charge is 0.126 e. The third-order valence-electron chi connectivity index (χ3n) is 2.15. The van der Waals surface area contributed by atoms with E-state index in [0.717, 1.165) is 28.0 Å². The van der Waals surface area contributed by atoms with Crippen LogP contribution in [0.2, 0.25) is 0 Å². The molecule has 1 aromatic rings. The minimum atomic E-state index is 0.859. The van der Waals surface area contributed by atoms with Crippen LogP contribution in [0.3, 0.4) is 0 Å². The van der Waals surface area contributed by atoms with Crippen LogP contribution >= 0.6 is 0 Å². The van der Waals surface area contributed by atoms with Gasteiger partial charge >= 0.3 is 0 Å². The van der Waals surface area contributed by atoms with Crippen LogP contribution in [0.1, 0.15) is 25.0 Å². The molecule has 0 heterocycles. The first-order chi connectivity index (χ1) is 6.56. The van der Waals surface area contributed by atoms with E-state index < -0.39 is 0 Å². The highest BCUT2D eigenvalue weighted by atomic mass is 16.5. The van der Waals surface area contributed by atoms with Crippen molar-refractivity contribution >= 4 is 11.1 Å². The zero-order valence-corrected chi connectivity index (χ0v) is 9.05. The summed E-state index contributed by atoms with van der Waals surface area (Å²) in [6.45, 7) is 11.8. The summed E-state index contributed by atoms with van der Waals surface area (Å²) in [5, 5.41) is 0. The van der Waals surface area contributed by atoms with Gasteiger partial charge in [0.05, 0.1) is 7.11 Å². The van der Waals surface area contributed by atoms with Gasteiger partial charge in [-0.1, -0.05) is 30.9 Å². The standard InChI is InChI=1S/C13H16O/c1-9(2)11-6-7-12(10(3)4)13(8-11)14-5/h6-8H,1,3H2,2,4-5H3. The van der Waals surface area contributed by atoms with Gasteiger partial charge in [-0.15, -0.1) is 0 Å². The summed E-state index contributed by atoms with van der Waals surface area (Å²) >= 11 is 0. The Morgan fingerprint density at radius 2 is 1.79 bits per heavy atom. The van der Waals surface area contributed by atoms with Crippen molar-refractivity contribution in [1.82, 2.24) is 0 Å². The molecule has 74 valence electrons. The largest absolute Gasteiger partial charge is 0.496 e. The average Bonchev–Trinajstić information content (AvgIpc) is 2.16. The molecule has 0 saturated heterocycles. The second kappa shape index (κ2) is 4.14. The number of ether oxygens (including phenoxy) is 1. The topological polar surface area (TPSA) is 9.23 Å². The van der Waals surface area contributed by atoms with E-state index in [0.29, 0.717) is 0 Å². The molecule has 0 aliphatic rings. The Morgan fingerprint density at radius 3 is 2.21 bits per heavy atom. The van der Waals surface area contributed by atoms with Crippen molar-refractivity contribution in [2.75, 3.05) is 7.11 Å². The number of rotatable bonds is 3. The van der Waals surface area contributed by atoms with Crippen molar-refractivity contribution in [3.05, 3.63) is 42.5 Å². The zero-order valence-electron chi connectivity index (χ0n) is 9.05. The molecule has 1 nitrogen and oxygen atoms in total. The molecule has 0 spiro atoms. The van der Waals surface area contributed by atoms with Crippen LogP contribution < -0.4 is 4.74 Å². The monoisotopic (exact) mass is 188 g/mol. The molecule has 0 bridgehead atoms. The van der Waals surface area contributed by atoms with Crippen LogP contribution in [0.15, 0.2) is 31.4 Å². The molecule has 0 saturated carbocycles. The minimum Gasteiger partial charge on any atom is -0.496 e. The Labute approximate surface area is 85.7 Å². The van der Waals surface area contributed by atoms with Gasteiger partial charge in [0.2, 0.25) is 0 Å². The van der Waals surface area contributed by atoms with Gasteiger partial charge in [-0.3, -0.25) is 0 Å². The molecule has 0 N–H and O–H groups in total. The fourth-order valence-corrected chi connectivity index (χ4v) is 1.31. The quantitative estimate of drug-likeness (QED) is 0.701. The van der Waals surface area contributed by atoms with Gasteiger partial charge in [0.1, 0.15) is 5.75 Å². The summed E-state index contributed by atoms with van der Waals surface area (Å²) < 4.78 is 5.30. The van der Waals surface area contributed by atoms with Gasteiger partial charge in [0.15, 0.2) is 0 Å². The first-order valence-electron chi connectivity index (χ1n) is 4.56. The summed E-state index contributed by atoms with van der Waals surface area (Å²) in [6.07, 6.45) is 0. The molecule has 1 rings (SSSR count). The van der Waals surface area contributed by atoms with E-state index in [-0.39, 0.29) is 0 Å². The van der Waals surface area contributed by atoms with E-state index >= 15 is 0 Å². The van der Waals surface area contributed by atoms with Gasteiger partial charge in [0, 0.05) is 5.56 Å². The number of hydrogen-bond acceptors (Lipinski definition) is 1. The maximum absolute atomic E-state index is 5.30. The molecular weight excluding hydrogens is 172 g/mol. The highest BCUT2D eigenvalue weighted by Crippen LogP contribution is 2.27. The number of methoxy groups -OCH3 is 1. The fraction of sp³-hybridized carbons (Fsp3) is 0.231. The molecule has 0 aliphatic heterocycles. The number of allylic oxidation sites excluding steroid dienone is 2. The van der Waals surface area contributed by atoms with E-state index in [1.54, 1.807) is 7.11 Å². The van der Waals surface area contributed by atoms with Crippen molar-refractivity contribution in [2.24, 2.45) is 0 Å². The van der Waals surface area contributed by atoms with Crippen LogP contribution in [0.5, 0.6) is 5.75 Å². The summed E-state index contributed by atoms with van der Waals surface area (Å²) in [7, 11) is 1.67. The van der Waals surface area contributed by atoms with Gasteiger partial charge in [0.25, 0.3) is 0 Å². The van der Waals surface area contributed by atoms with Crippen LogP contribution in [0.25, 0.3) is 11.1 Å². The molecule has 0 radical (unpaired) electrons. The van der Waals surface area contributed by atoms with Crippen LogP contribution in [-0.4, -0.2) is 7.11 Å². The Hall–Kier alpha value is -1.50. The third kappa shape index (κ3) is 2.05. The molecular formula is C13H16O. The third-order valence-corrected chi connectivity index (χ3v) is 2.15. The Bertz CT molecular complexity index is 375. The molecule has 1 aromatic carbocycles. The second-order valence-electron chi connectivity index (χ2n) is 3.48. The number of hydrogen-bond donors (Lipinski definition) is 0. The minimum absolute atomic E-state index is 0.859. The zero-order chi connectivity index (χ0) is 10.7. The summed E-state index contributed by atoms with van der Waals surface area (Å²) in [6, 6.07) is 6.05. The van der Waals surface area contributed by atoms with Crippen LogP contribution in [-0.2, 0) is 0 Å². The molecule has 1 heteroatoms. The first-order valence-corrected chi connectivity index (χ1v) is 4.56. The lowest BCUT2D eigenvalue weighted by Crippen LogP contribution is -1.91. The van der Waals surface area contributed by atoms with Gasteiger partial charge in [-0.2, -0.15) is 0 Å². The normalized spacial score (nSPS) is 9.64. The lowest BCUT2D eigenvalue weighted by atomic mass is 10.0. The molecule has 0 aliphatic carbocycles. The van der Waals surface area contributed by atoms with Crippen LogP contribution in [0, 0.1) is 0 Å². The summed E-state index contributed by atoms with van der Waals surface area (Å²) in [5.41, 5.74) is 4.20. The molecule has 0 aromatic heterocycles. The van der Waals surface area contributed by atoms with E-state index in [4.69, 9.17) is 4.74 Å². The Kier molecular flexibility index (Phi) is 3.13. The highest BCUT2D eigenvalue weighted by molar-refractivity contribution is 5.71. The van der Waals surface area contributed by atoms with Gasteiger partial charge < -0.3 is 4.74 Å².